The molecule has 1 aromatic carbocycles. The van der Waals surface area contributed by atoms with Crippen LogP contribution in [0.5, 0.6) is 0 Å². The molecule has 0 aliphatic carbocycles. The fraction of sp³-hybridized carbons (Fsp3) is 0.353. The molecule has 1 fully saturated rings. The maximum absolute atomic E-state index is 12.3. The molecule has 114 valence electrons. The Bertz CT molecular complexity index is 628. The molecule has 0 radical (unpaired) electrons. The predicted octanol–water partition coefficient (Wildman–Crippen LogP) is 1.68. The van der Waals surface area contributed by atoms with Crippen molar-refractivity contribution in [3.63, 3.8) is 0 Å². The molecule has 5 heteroatoms. The lowest BCUT2D eigenvalue weighted by Gasteiger charge is -2.36. The summed E-state index contributed by atoms with van der Waals surface area (Å²) in [5.74, 6) is -0.730. The van der Waals surface area contributed by atoms with E-state index in [2.05, 4.69) is 0 Å². The lowest BCUT2D eigenvalue weighted by molar-refractivity contribution is -0.133. The maximum Gasteiger partial charge on any atom is 0.246 e. The molecule has 1 saturated heterocycles. The van der Waals surface area contributed by atoms with E-state index in [1.807, 2.05) is 13.0 Å². The highest BCUT2D eigenvalue weighted by molar-refractivity contribution is 5.92. The fourth-order valence-electron chi connectivity index (χ4n) is 2.58. The standard InChI is InChI=1S/C17H19N3O2/c1-12-2-8-15(17(19)22)11-20(12)16(21)9-7-13-3-5-14(10-18)6-4-13/h3-7,9,12,15H,2,8,11H2,1H3,(H2,19,22)/b9-7+/t12-,15-/m1/s1. The number of nitrogens with zero attached hydrogens (tertiary/aromatic N) is 2. The number of rotatable bonds is 3. The molecule has 2 rings (SSSR count). The van der Waals surface area contributed by atoms with Crippen LogP contribution in [0.4, 0.5) is 0 Å². The molecule has 1 aromatic rings. The normalized spacial score (nSPS) is 21.5. The molecule has 1 heterocycles. The van der Waals surface area contributed by atoms with Crippen molar-refractivity contribution < 1.29 is 9.59 Å². The minimum absolute atomic E-state index is 0.105. The second kappa shape index (κ2) is 6.90. The van der Waals surface area contributed by atoms with Gasteiger partial charge in [0.25, 0.3) is 0 Å². The van der Waals surface area contributed by atoms with Gasteiger partial charge in [-0.25, -0.2) is 0 Å². The van der Waals surface area contributed by atoms with Crippen LogP contribution in [0.1, 0.15) is 30.9 Å². The molecule has 0 spiro atoms. The lowest BCUT2D eigenvalue weighted by Crippen LogP contribution is -2.48. The third kappa shape index (κ3) is 3.73. The molecule has 0 saturated carbocycles. The van der Waals surface area contributed by atoms with Gasteiger partial charge in [0.1, 0.15) is 0 Å². The smallest absolute Gasteiger partial charge is 0.246 e. The summed E-state index contributed by atoms with van der Waals surface area (Å²) in [5, 5.41) is 8.75. The van der Waals surface area contributed by atoms with Gasteiger partial charge in [0, 0.05) is 18.7 Å². The number of benzene rings is 1. The summed E-state index contributed by atoms with van der Waals surface area (Å²) in [5.41, 5.74) is 6.78. The summed E-state index contributed by atoms with van der Waals surface area (Å²) in [6.07, 6.45) is 4.73. The van der Waals surface area contributed by atoms with E-state index in [-0.39, 0.29) is 23.8 Å². The lowest BCUT2D eigenvalue weighted by atomic mass is 9.93. The highest BCUT2D eigenvalue weighted by Crippen LogP contribution is 2.22. The molecule has 2 N–H and O–H groups in total. The fourth-order valence-corrected chi connectivity index (χ4v) is 2.58. The van der Waals surface area contributed by atoms with Crippen molar-refractivity contribution >= 4 is 17.9 Å². The van der Waals surface area contributed by atoms with Crippen LogP contribution < -0.4 is 5.73 Å². The average Bonchev–Trinajstić information content (AvgIpc) is 2.53. The number of piperidine rings is 1. The quantitative estimate of drug-likeness (QED) is 0.861. The molecular formula is C17H19N3O2. The van der Waals surface area contributed by atoms with E-state index in [0.717, 1.165) is 18.4 Å². The third-order valence-electron chi connectivity index (χ3n) is 4.03. The van der Waals surface area contributed by atoms with Gasteiger partial charge in [0.15, 0.2) is 0 Å². The van der Waals surface area contributed by atoms with Gasteiger partial charge in [-0.3, -0.25) is 9.59 Å². The van der Waals surface area contributed by atoms with Crippen molar-refractivity contribution in [3.05, 3.63) is 41.5 Å². The Morgan fingerprint density at radius 1 is 1.32 bits per heavy atom. The van der Waals surface area contributed by atoms with Crippen molar-refractivity contribution in [2.24, 2.45) is 11.7 Å². The first-order valence-electron chi connectivity index (χ1n) is 7.29. The molecule has 22 heavy (non-hydrogen) atoms. The molecule has 0 aromatic heterocycles. The van der Waals surface area contributed by atoms with Gasteiger partial charge in [-0.05, 0) is 43.5 Å². The Morgan fingerprint density at radius 3 is 2.59 bits per heavy atom. The second-order valence-corrected chi connectivity index (χ2v) is 5.58. The minimum atomic E-state index is -0.347. The summed E-state index contributed by atoms with van der Waals surface area (Å²) in [4.78, 5) is 25.3. The van der Waals surface area contributed by atoms with E-state index in [4.69, 9.17) is 11.0 Å². The summed E-state index contributed by atoms with van der Waals surface area (Å²) >= 11 is 0. The number of nitrogens with two attached hydrogens (primary N) is 1. The van der Waals surface area contributed by atoms with Gasteiger partial charge in [0.05, 0.1) is 17.6 Å². The van der Waals surface area contributed by atoms with Crippen LogP contribution in [-0.4, -0.2) is 29.3 Å². The molecule has 1 aliphatic rings. The maximum atomic E-state index is 12.3. The zero-order chi connectivity index (χ0) is 16.1. The van der Waals surface area contributed by atoms with Gasteiger partial charge in [-0.1, -0.05) is 12.1 Å². The molecule has 5 nitrogen and oxygen atoms in total. The Labute approximate surface area is 130 Å². The number of carbonyl (C=O) groups is 2. The van der Waals surface area contributed by atoms with E-state index < -0.39 is 0 Å². The number of nitriles is 1. The van der Waals surface area contributed by atoms with E-state index in [0.29, 0.717) is 12.1 Å². The van der Waals surface area contributed by atoms with Crippen LogP contribution in [0.3, 0.4) is 0 Å². The SMILES string of the molecule is C[C@@H]1CC[C@@H](C(N)=O)CN1C(=O)/C=C/c1ccc(C#N)cc1. The summed E-state index contributed by atoms with van der Waals surface area (Å²) in [6, 6.07) is 9.14. The third-order valence-corrected chi connectivity index (χ3v) is 4.03. The summed E-state index contributed by atoms with van der Waals surface area (Å²) in [6.45, 7) is 2.36. The molecule has 2 amide bonds. The van der Waals surface area contributed by atoms with Crippen molar-refractivity contribution in [2.75, 3.05) is 6.54 Å². The predicted molar refractivity (Wildman–Crippen MR) is 83.3 cm³/mol. The Kier molecular flexibility index (Phi) is 4.95. The van der Waals surface area contributed by atoms with Crippen molar-refractivity contribution in [2.45, 2.75) is 25.8 Å². The monoisotopic (exact) mass is 297 g/mol. The van der Waals surface area contributed by atoms with E-state index in [9.17, 15) is 9.59 Å². The van der Waals surface area contributed by atoms with Crippen molar-refractivity contribution in [1.82, 2.24) is 4.90 Å². The van der Waals surface area contributed by atoms with Crippen LogP contribution in [0.2, 0.25) is 0 Å². The van der Waals surface area contributed by atoms with Gasteiger partial charge in [-0.2, -0.15) is 5.26 Å². The van der Waals surface area contributed by atoms with E-state index in [1.54, 1.807) is 35.2 Å². The number of likely N-dealkylation sites (tertiary alicyclic amines) is 1. The largest absolute Gasteiger partial charge is 0.369 e. The zero-order valence-corrected chi connectivity index (χ0v) is 12.5. The summed E-state index contributed by atoms with van der Waals surface area (Å²) < 4.78 is 0. The van der Waals surface area contributed by atoms with Crippen molar-refractivity contribution in [3.8, 4) is 6.07 Å². The van der Waals surface area contributed by atoms with Crippen LogP contribution >= 0.6 is 0 Å². The van der Waals surface area contributed by atoms with E-state index in [1.165, 1.54) is 6.08 Å². The number of hydrogen-bond donors (Lipinski definition) is 1. The van der Waals surface area contributed by atoms with Crippen LogP contribution in [0.15, 0.2) is 30.3 Å². The highest BCUT2D eigenvalue weighted by Gasteiger charge is 2.30. The Hall–Kier alpha value is -2.61. The Balaban J connectivity index is 2.04. The van der Waals surface area contributed by atoms with Gasteiger partial charge < -0.3 is 10.6 Å². The van der Waals surface area contributed by atoms with Crippen LogP contribution in [-0.2, 0) is 9.59 Å². The molecular weight excluding hydrogens is 278 g/mol. The molecule has 0 bridgehead atoms. The molecule has 1 aliphatic heterocycles. The number of amides is 2. The minimum Gasteiger partial charge on any atom is -0.369 e. The number of hydrogen-bond acceptors (Lipinski definition) is 3. The first-order valence-corrected chi connectivity index (χ1v) is 7.29. The number of carbonyl (C=O) groups excluding carboxylic acids is 2. The topological polar surface area (TPSA) is 87.2 Å². The first-order chi connectivity index (χ1) is 10.5. The van der Waals surface area contributed by atoms with Crippen molar-refractivity contribution in [1.29, 1.82) is 5.26 Å². The first kappa shape index (κ1) is 15.8. The average molecular weight is 297 g/mol. The highest BCUT2D eigenvalue weighted by atomic mass is 16.2. The second-order valence-electron chi connectivity index (χ2n) is 5.58. The molecule has 0 unspecified atom stereocenters. The van der Waals surface area contributed by atoms with Crippen LogP contribution in [0, 0.1) is 17.2 Å². The molecule has 2 atom stereocenters. The van der Waals surface area contributed by atoms with Crippen LogP contribution in [0.25, 0.3) is 6.08 Å². The Morgan fingerprint density at radius 2 is 2.00 bits per heavy atom. The van der Waals surface area contributed by atoms with Gasteiger partial charge in [-0.15, -0.1) is 0 Å². The van der Waals surface area contributed by atoms with E-state index >= 15 is 0 Å². The number of primary amides is 1. The van der Waals surface area contributed by atoms with Gasteiger partial charge in [0.2, 0.25) is 11.8 Å². The van der Waals surface area contributed by atoms with Gasteiger partial charge >= 0.3 is 0 Å². The summed E-state index contributed by atoms with van der Waals surface area (Å²) in [7, 11) is 0. The zero-order valence-electron chi connectivity index (χ0n) is 12.5.